The van der Waals surface area contributed by atoms with Gasteiger partial charge in [0.2, 0.25) is 5.91 Å². The molecule has 2 aliphatic heterocycles. The third-order valence-corrected chi connectivity index (χ3v) is 6.84. The number of hydrogen-bond acceptors (Lipinski definition) is 4. The number of nitrogens with one attached hydrogen (secondary N) is 2. The number of hydrazine groups is 1. The standard InChI is InChI=1S/C26H33N3O2/c1-7-12-29-24(17-8-10-18(11-9-17)26(4,5)6)21-22(27-28-23(21)25(29)31)19-13-15(2)16(3)14-20(19)30/h7-11,13-14,21-24,27-28,30H,1,12H2,2-6H3. The van der Waals surface area contributed by atoms with Crippen molar-refractivity contribution in [1.29, 1.82) is 0 Å². The van der Waals surface area contributed by atoms with Crippen LogP contribution in [0.2, 0.25) is 0 Å². The lowest BCUT2D eigenvalue weighted by atomic mass is 9.81. The predicted octanol–water partition coefficient (Wildman–Crippen LogP) is 4.21. The number of aryl methyl sites for hydroxylation is 2. The first kappa shape index (κ1) is 21.6. The minimum absolute atomic E-state index is 0.0547. The number of phenols is 1. The fourth-order valence-electron chi connectivity index (χ4n) is 4.96. The third-order valence-electron chi connectivity index (χ3n) is 6.84. The van der Waals surface area contributed by atoms with Crippen LogP contribution in [0.4, 0.5) is 0 Å². The summed E-state index contributed by atoms with van der Waals surface area (Å²) in [4.78, 5) is 15.2. The Labute approximate surface area is 185 Å². The molecular weight excluding hydrogens is 386 g/mol. The largest absolute Gasteiger partial charge is 0.508 e. The van der Waals surface area contributed by atoms with Gasteiger partial charge in [-0.3, -0.25) is 4.79 Å². The highest BCUT2D eigenvalue weighted by Gasteiger charge is 2.55. The Morgan fingerprint density at radius 3 is 2.29 bits per heavy atom. The minimum Gasteiger partial charge on any atom is -0.508 e. The van der Waals surface area contributed by atoms with Crippen molar-refractivity contribution in [3.63, 3.8) is 0 Å². The van der Waals surface area contributed by atoms with Crippen LogP contribution in [0.15, 0.2) is 49.1 Å². The smallest absolute Gasteiger partial charge is 0.242 e. The predicted molar refractivity (Wildman–Crippen MR) is 124 cm³/mol. The van der Waals surface area contributed by atoms with Crippen molar-refractivity contribution in [3.05, 3.63) is 76.9 Å². The van der Waals surface area contributed by atoms with Gasteiger partial charge in [-0.05, 0) is 47.6 Å². The number of carbonyl (C=O) groups is 1. The fourth-order valence-corrected chi connectivity index (χ4v) is 4.96. The van der Waals surface area contributed by atoms with E-state index in [0.29, 0.717) is 6.54 Å². The Morgan fingerprint density at radius 2 is 1.68 bits per heavy atom. The fraction of sp³-hybridized carbons (Fsp3) is 0.423. The molecule has 4 unspecified atom stereocenters. The number of benzene rings is 2. The highest BCUT2D eigenvalue weighted by atomic mass is 16.3. The van der Waals surface area contributed by atoms with E-state index in [-0.39, 0.29) is 41.1 Å². The molecule has 3 N–H and O–H groups in total. The number of likely N-dealkylation sites (tertiary alicyclic amines) is 1. The van der Waals surface area contributed by atoms with Crippen molar-refractivity contribution < 1.29 is 9.90 Å². The number of hydrogen-bond donors (Lipinski definition) is 3. The summed E-state index contributed by atoms with van der Waals surface area (Å²) in [5, 5.41) is 10.7. The molecule has 0 radical (unpaired) electrons. The molecule has 0 bridgehead atoms. The van der Waals surface area contributed by atoms with Crippen molar-refractivity contribution >= 4 is 5.91 Å². The van der Waals surface area contributed by atoms with E-state index < -0.39 is 0 Å². The first-order chi connectivity index (χ1) is 14.6. The van der Waals surface area contributed by atoms with Crippen LogP contribution in [0, 0.1) is 19.8 Å². The molecule has 0 aromatic heterocycles. The summed E-state index contributed by atoms with van der Waals surface area (Å²) < 4.78 is 0. The van der Waals surface area contributed by atoms with E-state index in [4.69, 9.17) is 0 Å². The summed E-state index contributed by atoms with van der Waals surface area (Å²) in [6.45, 7) is 15.0. The Kier molecular flexibility index (Phi) is 5.44. The maximum atomic E-state index is 13.3. The lowest BCUT2D eigenvalue weighted by Crippen LogP contribution is -2.41. The molecule has 0 aliphatic carbocycles. The van der Waals surface area contributed by atoms with Gasteiger partial charge in [0.1, 0.15) is 11.8 Å². The van der Waals surface area contributed by atoms with Gasteiger partial charge in [-0.15, -0.1) is 6.58 Å². The molecule has 0 spiro atoms. The van der Waals surface area contributed by atoms with Gasteiger partial charge < -0.3 is 10.0 Å². The maximum absolute atomic E-state index is 13.3. The summed E-state index contributed by atoms with van der Waals surface area (Å²) in [5.41, 5.74) is 12.0. The molecule has 2 aromatic carbocycles. The van der Waals surface area contributed by atoms with Crippen molar-refractivity contribution in [2.24, 2.45) is 5.92 Å². The summed E-state index contributed by atoms with van der Waals surface area (Å²) in [6, 6.07) is 11.8. The van der Waals surface area contributed by atoms with Gasteiger partial charge in [-0.1, -0.05) is 57.2 Å². The van der Waals surface area contributed by atoms with E-state index in [2.05, 4.69) is 62.5 Å². The van der Waals surface area contributed by atoms with Crippen LogP contribution in [0.5, 0.6) is 5.75 Å². The van der Waals surface area contributed by atoms with Crippen LogP contribution in [0.25, 0.3) is 0 Å². The van der Waals surface area contributed by atoms with Crippen molar-refractivity contribution in [3.8, 4) is 5.75 Å². The number of amides is 1. The summed E-state index contributed by atoms with van der Waals surface area (Å²) >= 11 is 0. The van der Waals surface area contributed by atoms with Gasteiger partial charge in [-0.25, -0.2) is 10.9 Å². The molecule has 2 aromatic rings. The third kappa shape index (κ3) is 3.66. The molecule has 0 saturated carbocycles. The minimum atomic E-state index is -0.349. The highest BCUT2D eigenvalue weighted by molar-refractivity contribution is 5.86. The van der Waals surface area contributed by atoms with Crippen LogP contribution in [0.3, 0.4) is 0 Å². The normalized spacial score (nSPS) is 25.7. The molecule has 2 saturated heterocycles. The van der Waals surface area contributed by atoms with Crippen molar-refractivity contribution in [2.75, 3.05) is 6.54 Å². The summed E-state index contributed by atoms with van der Waals surface area (Å²) in [6.07, 6.45) is 1.78. The average Bonchev–Trinajstić information content (AvgIpc) is 3.24. The second-order valence-corrected chi connectivity index (χ2v) is 9.91. The molecule has 31 heavy (non-hydrogen) atoms. The van der Waals surface area contributed by atoms with Crippen LogP contribution in [-0.4, -0.2) is 28.5 Å². The molecular formula is C26H33N3O2. The Balaban J connectivity index is 1.78. The van der Waals surface area contributed by atoms with Crippen molar-refractivity contribution in [1.82, 2.24) is 15.8 Å². The number of rotatable bonds is 4. The number of phenolic OH excluding ortho intramolecular Hbond substituents is 1. The van der Waals surface area contributed by atoms with Crippen LogP contribution >= 0.6 is 0 Å². The van der Waals surface area contributed by atoms with Gasteiger partial charge in [0.05, 0.1) is 12.1 Å². The molecule has 164 valence electrons. The molecule has 4 atom stereocenters. The molecule has 2 aliphatic rings. The zero-order chi connectivity index (χ0) is 22.5. The van der Waals surface area contributed by atoms with Gasteiger partial charge in [0, 0.05) is 18.0 Å². The van der Waals surface area contributed by atoms with Crippen LogP contribution in [-0.2, 0) is 10.2 Å². The van der Waals surface area contributed by atoms with Crippen LogP contribution in [0.1, 0.15) is 60.7 Å². The Morgan fingerprint density at radius 1 is 1.06 bits per heavy atom. The molecule has 5 nitrogen and oxygen atoms in total. The first-order valence-corrected chi connectivity index (χ1v) is 11.0. The second-order valence-electron chi connectivity index (χ2n) is 9.91. The molecule has 1 amide bonds. The lowest BCUT2D eigenvalue weighted by molar-refractivity contribution is -0.130. The average molecular weight is 420 g/mol. The SMILES string of the molecule is C=CCN1C(=O)C2NNC(c3cc(C)c(C)cc3O)C2C1c1ccc(C(C)(C)C)cc1. The highest BCUT2D eigenvalue weighted by Crippen LogP contribution is 2.48. The molecule has 4 rings (SSSR count). The molecule has 2 fully saturated rings. The number of nitrogens with zero attached hydrogens (tertiary/aromatic N) is 1. The van der Waals surface area contributed by atoms with Gasteiger partial charge in [0.15, 0.2) is 0 Å². The van der Waals surface area contributed by atoms with Gasteiger partial charge in [-0.2, -0.15) is 0 Å². The number of aromatic hydroxyl groups is 1. The van der Waals surface area contributed by atoms with E-state index in [1.54, 1.807) is 6.08 Å². The number of fused-ring (bicyclic) bond motifs is 1. The molecule has 2 heterocycles. The monoisotopic (exact) mass is 419 g/mol. The van der Waals surface area contributed by atoms with E-state index in [9.17, 15) is 9.90 Å². The van der Waals surface area contributed by atoms with Crippen molar-refractivity contribution in [2.45, 2.75) is 58.2 Å². The summed E-state index contributed by atoms with van der Waals surface area (Å²) in [7, 11) is 0. The maximum Gasteiger partial charge on any atom is 0.242 e. The van der Waals surface area contributed by atoms with E-state index in [1.807, 2.05) is 30.9 Å². The second kappa shape index (κ2) is 7.81. The zero-order valence-electron chi connectivity index (χ0n) is 19.1. The van der Waals surface area contributed by atoms with E-state index in [0.717, 1.165) is 22.3 Å². The topological polar surface area (TPSA) is 64.6 Å². The first-order valence-electron chi connectivity index (χ1n) is 11.0. The van der Waals surface area contributed by atoms with E-state index >= 15 is 0 Å². The Hall–Kier alpha value is -2.63. The summed E-state index contributed by atoms with van der Waals surface area (Å²) in [5.74, 6) is 0.272. The molecule has 5 heteroatoms. The quantitative estimate of drug-likeness (QED) is 0.650. The van der Waals surface area contributed by atoms with Crippen LogP contribution < -0.4 is 10.9 Å². The van der Waals surface area contributed by atoms with Gasteiger partial charge in [0.25, 0.3) is 0 Å². The van der Waals surface area contributed by atoms with Gasteiger partial charge >= 0.3 is 0 Å². The lowest BCUT2D eigenvalue weighted by Gasteiger charge is -2.31. The Bertz CT molecular complexity index is 1010. The number of carbonyl (C=O) groups excluding carboxylic acids is 1. The van der Waals surface area contributed by atoms with E-state index in [1.165, 1.54) is 5.56 Å². The zero-order valence-corrected chi connectivity index (χ0v) is 19.1.